The summed E-state index contributed by atoms with van der Waals surface area (Å²) in [6, 6.07) is 2.37. The van der Waals surface area contributed by atoms with E-state index in [0.717, 1.165) is 14.7 Å². The molecule has 1 unspecified atom stereocenters. The highest BCUT2D eigenvalue weighted by Gasteiger charge is 2.15. The summed E-state index contributed by atoms with van der Waals surface area (Å²) >= 11 is 8.67. The van der Waals surface area contributed by atoms with E-state index in [1.54, 1.807) is 11.3 Å². The molecule has 0 saturated heterocycles. The van der Waals surface area contributed by atoms with Crippen LogP contribution in [0.1, 0.15) is 31.2 Å². The van der Waals surface area contributed by atoms with Crippen molar-refractivity contribution >= 4 is 43.2 Å². The van der Waals surface area contributed by atoms with Crippen LogP contribution in [0.4, 0.5) is 0 Å². The summed E-state index contributed by atoms with van der Waals surface area (Å²) in [5.41, 5.74) is 2.86. The van der Waals surface area contributed by atoms with Gasteiger partial charge in [-0.3, -0.25) is 11.3 Å². The lowest BCUT2D eigenvalue weighted by Crippen LogP contribution is -2.28. The van der Waals surface area contributed by atoms with E-state index in [1.807, 2.05) is 0 Å². The lowest BCUT2D eigenvalue weighted by molar-refractivity contribution is 0.443. The van der Waals surface area contributed by atoms with E-state index in [0.29, 0.717) is 5.92 Å². The van der Waals surface area contributed by atoms with Crippen LogP contribution in [0.2, 0.25) is 0 Å². The molecule has 0 aliphatic rings. The molecule has 0 saturated carbocycles. The molecule has 1 aromatic heterocycles. The fraction of sp³-hybridized carbons (Fsp3) is 0.556. The number of nitrogens with two attached hydrogens (primary N) is 1. The molecule has 1 rings (SSSR count). The van der Waals surface area contributed by atoms with Crippen LogP contribution in [0.5, 0.6) is 0 Å². The fourth-order valence-electron chi connectivity index (χ4n) is 1.27. The number of hydrogen-bond donors (Lipinski definition) is 2. The van der Waals surface area contributed by atoms with Crippen molar-refractivity contribution in [1.82, 2.24) is 5.43 Å². The number of nitrogens with one attached hydrogen (secondary N) is 1. The quantitative estimate of drug-likeness (QED) is 0.645. The van der Waals surface area contributed by atoms with E-state index in [-0.39, 0.29) is 6.04 Å². The third-order valence-electron chi connectivity index (χ3n) is 1.92. The zero-order valence-corrected chi connectivity index (χ0v) is 12.2. The largest absolute Gasteiger partial charge is 0.271 e. The van der Waals surface area contributed by atoms with Gasteiger partial charge in [0, 0.05) is 9.35 Å². The molecule has 0 aliphatic carbocycles. The first-order valence-corrected chi connectivity index (χ1v) is 6.85. The highest BCUT2D eigenvalue weighted by atomic mass is 79.9. The number of rotatable bonds is 4. The van der Waals surface area contributed by atoms with Gasteiger partial charge in [0.15, 0.2) is 0 Å². The van der Waals surface area contributed by atoms with Gasteiger partial charge < -0.3 is 0 Å². The smallest absolute Gasteiger partial charge is 0.0843 e. The third-order valence-corrected chi connectivity index (χ3v) is 5.29. The Balaban J connectivity index is 2.78. The molecule has 5 heteroatoms. The van der Waals surface area contributed by atoms with Crippen LogP contribution in [-0.4, -0.2) is 0 Å². The van der Waals surface area contributed by atoms with Crippen LogP contribution >= 0.6 is 43.2 Å². The summed E-state index contributed by atoms with van der Waals surface area (Å²) in [7, 11) is 0. The molecule has 0 fully saturated rings. The minimum absolute atomic E-state index is 0.252. The summed E-state index contributed by atoms with van der Waals surface area (Å²) in [5.74, 6) is 6.17. The Hall–Kier alpha value is 0.580. The molecule has 0 spiro atoms. The van der Waals surface area contributed by atoms with Crippen LogP contribution in [0.15, 0.2) is 14.3 Å². The summed E-state index contributed by atoms with van der Waals surface area (Å²) < 4.78 is 2.22. The minimum atomic E-state index is 0.252. The Morgan fingerprint density at radius 2 is 2.14 bits per heavy atom. The number of hydrogen-bond acceptors (Lipinski definition) is 3. The van der Waals surface area contributed by atoms with Crippen molar-refractivity contribution < 1.29 is 0 Å². The molecule has 0 aromatic carbocycles. The van der Waals surface area contributed by atoms with Gasteiger partial charge in [-0.05, 0) is 50.3 Å². The van der Waals surface area contributed by atoms with Crippen molar-refractivity contribution in [3.8, 4) is 0 Å². The molecule has 0 radical (unpaired) electrons. The predicted molar refractivity (Wildman–Crippen MR) is 69.2 cm³/mol. The standard InChI is InChI=1S/C9H14Br2N2S/c1-5(2)3-7(13-12)8-4-6(10)9(11)14-8/h4-5,7,13H,3,12H2,1-2H3. The van der Waals surface area contributed by atoms with Crippen molar-refractivity contribution in [2.75, 3.05) is 0 Å². The van der Waals surface area contributed by atoms with Gasteiger partial charge in [0.05, 0.1) is 9.83 Å². The van der Waals surface area contributed by atoms with Gasteiger partial charge in [0.1, 0.15) is 0 Å². The third kappa shape index (κ3) is 3.31. The van der Waals surface area contributed by atoms with Crippen molar-refractivity contribution in [2.24, 2.45) is 11.8 Å². The Bertz CT molecular complexity index is 280. The van der Waals surface area contributed by atoms with Crippen molar-refractivity contribution in [2.45, 2.75) is 26.3 Å². The van der Waals surface area contributed by atoms with Gasteiger partial charge in [-0.2, -0.15) is 0 Å². The van der Waals surface area contributed by atoms with Crippen LogP contribution in [0.3, 0.4) is 0 Å². The second-order valence-electron chi connectivity index (χ2n) is 3.62. The van der Waals surface area contributed by atoms with E-state index < -0.39 is 0 Å². The number of hydrazine groups is 1. The summed E-state index contributed by atoms with van der Waals surface area (Å²) in [5, 5.41) is 0. The first kappa shape index (κ1) is 12.6. The molecule has 0 amide bonds. The number of halogens is 2. The fourth-order valence-corrected chi connectivity index (χ4v) is 3.44. The normalized spacial score (nSPS) is 13.6. The Kier molecular flexibility index (Phi) is 5.06. The predicted octanol–water partition coefficient (Wildman–Crippen LogP) is 3.82. The van der Waals surface area contributed by atoms with Crippen molar-refractivity contribution in [3.63, 3.8) is 0 Å². The Morgan fingerprint density at radius 3 is 2.50 bits per heavy atom. The highest BCUT2D eigenvalue weighted by Crippen LogP contribution is 2.36. The van der Waals surface area contributed by atoms with E-state index >= 15 is 0 Å². The molecule has 1 heterocycles. The average molecular weight is 342 g/mol. The van der Waals surface area contributed by atoms with Gasteiger partial charge in [-0.25, -0.2) is 0 Å². The molecule has 0 bridgehead atoms. The Labute approximate surface area is 105 Å². The molecule has 2 nitrogen and oxygen atoms in total. The minimum Gasteiger partial charge on any atom is -0.271 e. The van der Waals surface area contributed by atoms with Crippen LogP contribution in [0, 0.1) is 5.92 Å². The van der Waals surface area contributed by atoms with Gasteiger partial charge >= 0.3 is 0 Å². The first-order valence-electron chi connectivity index (χ1n) is 4.45. The highest BCUT2D eigenvalue weighted by molar-refractivity contribution is 9.13. The molecule has 3 N–H and O–H groups in total. The lowest BCUT2D eigenvalue weighted by atomic mass is 10.0. The molecule has 14 heavy (non-hydrogen) atoms. The monoisotopic (exact) mass is 340 g/mol. The van der Waals surface area contributed by atoms with Gasteiger partial charge in [0.2, 0.25) is 0 Å². The Morgan fingerprint density at radius 1 is 1.50 bits per heavy atom. The van der Waals surface area contributed by atoms with Gasteiger partial charge in [-0.15, -0.1) is 11.3 Å². The summed E-state index contributed by atoms with van der Waals surface area (Å²) in [6.45, 7) is 4.39. The molecule has 0 aliphatic heterocycles. The van der Waals surface area contributed by atoms with Gasteiger partial charge in [-0.1, -0.05) is 13.8 Å². The molecule has 1 atom stereocenters. The first-order chi connectivity index (χ1) is 6.54. The zero-order chi connectivity index (χ0) is 10.7. The average Bonchev–Trinajstić information content (AvgIpc) is 2.42. The molecule has 1 aromatic rings. The SMILES string of the molecule is CC(C)CC(NN)c1cc(Br)c(Br)s1. The van der Waals surface area contributed by atoms with Crippen LogP contribution < -0.4 is 11.3 Å². The maximum absolute atomic E-state index is 5.54. The topological polar surface area (TPSA) is 38.0 Å². The summed E-state index contributed by atoms with van der Waals surface area (Å²) in [4.78, 5) is 1.26. The number of thiophene rings is 1. The second-order valence-corrected chi connectivity index (χ2v) is 6.88. The van der Waals surface area contributed by atoms with E-state index in [4.69, 9.17) is 5.84 Å². The van der Waals surface area contributed by atoms with E-state index in [2.05, 4.69) is 57.2 Å². The molecular weight excluding hydrogens is 328 g/mol. The second kappa shape index (κ2) is 5.61. The zero-order valence-electron chi connectivity index (χ0n) is 8.18. The van der Waals surface area contributed by atoms with Crippen LogP contribution in [-0.2, 0) is 0 Å². The van der Waals surface area contributed by atoms with E-state index in [1.165, 1.54) is 4.88 Å². The van der Waals surface area contributed by atoms with Crippen molar-refractivity contribution in [3.05, 3.63) is 19.2 Å². The maximum Gasteiger partial charge on any atom is 0.0843 e. The van der Waals surface area contributed by atoms with Crippen molar-refractivity contribution in [1.29, 1.82) is 0 Å². The van der Waals surface area contributed by atoms with Gasteiger partial charge in [0.25, 0.3) is 0 Å². The maximum atomic E-state index is 5.54. The van der Waals surface area contributed by atoms with Crippen LogP contribution in [0.25, 0.3) is 0 Å². The lowest BCUT2D eigenvalue weighted by Gasteiger charge is -2.16. The molecular formula is C9H14Br2N2S. The van der Waals surface area contributed by atoms with E-state index in [9.17, 15) is 0 Å². The molecule has 80 valence electrons. The summed E-state index contributed by atoms with van der Waals surface area (Å²) in [6.07, 6.45) is 1.05.